The van der Waals surface area contributed by atoms with Gasteiger partial charge in [0.1, 0.15) is 5.54 Å². The molecule has 0 spiro atoms. The van der Waals surface area contributed by atoms with Crippen LogP contribution in [0.3, 0.4) is 0 Å². The van der Waals surface area contributed by atoms with Gasteiger partial charge in [0.15, 0.2) is 0 Å². The van der Waals surface area contributed by atoms with Crippen molar-refractivity contribution in [2.24, 2.45) is 5.73 Å². The van der Waals surface area contributed by atoms with Gasteiger partial charge in [0.25, 0.3) is 0 Å². The quantitative estimate of drug-likeness (QED) is 0.691. The lowest BCUT2D eigenvalue weighted by Crippen LogP contribution is -2.54. The van der Waals surface area contributed by atoms with Crippen LogP contribution >= 0.6 is 15.9 Å². The molecule has 24 heavy (non-hydrogen) atoms. The van der Waals surface area contributed by atoms with E-state index in [1.807, 2.05) is 24.3 Å². The Labute approximate surface area is 151 Å². The summed E-state index contributed by atoms with van der Waals surface area (Å²) in [7, 11) is 1.64. The average Bonchev–Trinajstić information content (AvgIpc) is 2.56. The number of nitrogens with two attached hydrogens (primary N) is 1. The van der Waals surface area contributed by atoms with Crippen molar-refractivity contribution in [1.29, 1.82) is 0 Å². The fourth-order valence-corrected chi connectivity index (χ4v) is 3.04. The third-order valence-corrected chi connectivity index (χ3v) is 5.01. The number of amides is 2. The molecule has 1 aromatic rings. The zero-order valence-electron chi connectivity index (χ0n) is 14.1. The van der Waals surface area contributed by atoms with Crippen molar-refractivity contribution >= 4 is 27.7 Å². The Kier molecular flexibility index (Phi) is 6.37. The standard InChI is InChI=1S/C17H25BrN4O2/c1-17(19,12-3-5-13(18)6-4-12)16(24)21-14-7-9-22(10-8-14)11-15(23)20-2/h3-6,14H,7-11,19H2,1-2H3,(H,20,23)(H,21,24). The Hall–Kier alpha value is -1.44. The number of nitrogens with zero attached hydrogens (tertiary/aromatic N) is 1. The molecule has 7 heteroatoms. The Morgan fingerprint density at radius 1 is 1.29 bits per heavy atom. The molecule has 0 aromatic heterocycles. The van der Waals surface area contributed by atoms with Crippen molar-refractivity contribution in [1.82, 2.24) is 15.5 Å². The number of hydrogen-bond donors (Lipinski definition) is 3. The number of piperidine rings is 1. The smallest absolute Gasteiger partial charge is 0.244 e. The highest BCUT2D eigenvalue weighted by molar-refractivity contribution is 9.10. The summed E-state index contributed by atoms with van der Waals surface area (Å²) in [5.74, 6) is -0.156. The van der Waals surface area contributed by atoms with Crippen molar-refractivity contribution in [3.63, 3.8) is 0 Å². The topological polar surface area (TPSA) is 87.5 Å². The highest BCUT2D eigenvalue weighted by Gasteiger charge is 2.32. The van der Waals surface area contributed by atoms with Crippen LogP contribution in [-0.2, 0) is 15.1 Å². The predicted octanol–water partition coefficient (Wildman–Crippen LogP) is 0.950. The normalized spacial score (nSPS) is 18.7. The van der Waals surface area contributed by atoms with Crippen molar-refractivity contribution in [2.75, 3.05) is 26.7 Å². The van der Waals surface area contributed by atoms with E-state index in [2.05, 4.69) is 31.5 Å². The van der Waals surface area contributed by atoms with E-state index in [0.29, 0.717) is 6.54 Å². The molecule has 0 aliphatic carbocycles. The van der Waals surface area contributed by atoms with Crippen LogP contribution in [-0.4, -0.2) is 49.4 Å². The maximum atomic E-state index is 12.6. The van der Waals surface area contributed by atoms with Gasteiger partial charge >= 0.3 is 0 Å². The van der Waals surface area contributed by atoms with Crippen LogP contribution in [0, 0.1) is 0 Å². The van der Waals surface area contributed by atoms with Gasteiger partial charge in [0.2, 0.25) is 11.8 Å². The highest BCUT2D eigenvalue weighted by Crippen LogP contribution is 2.21. The maximum Gasteiger partial charge on any atom is 0.244 e. The van der Waals surface area contributed by atoms with E-state index in [4.69, 9.17) is 5.73 Å². The highest BCUT2D eigenvalue weighted by atomic mass is 79.9. The summed E-state index contributed by atoms with van der Waals surface area (Å²) in [6.07, 6.45) is 1.64. The first-order valence-corrected chi connectivity index (χ1v) is 8.91. The van der Waals surface area contributed by atoms with Gasteiger partial charge in [-0.3, -0.25) is 14.5 Å². The second-order valence-corrected chi connectivity index (χ2v) is 7.32. The average molecular weight is 397 g/mol. The minimum absolute atomic E-state index is 0.0160. The molecule has 6 nitrogen and oxygen atoms in total. The molecule has 0 bridgehead atoms. The molecule has 1 heterocycles. The van der Waals surface area contributed by atoms with Gasteiger partial charge in [-0.15, -0.1) is 0 Å². The van der Waals surface area contributed by atoms with Gasteiger partial charge in [0, 0.05) is 30.7 Å². The van der Waals surface area contributed by atoms with Gasteiger partial charge in [-0.2, -0.15) is 0 Å². The monoisotopic (exact) mass is 396 g/mol. The molecule has 1 aromatic carbocycles. The first kappa shape index (κ1) is 18.9. The fourth-order valence-electron chi connectivity index (χ4n) is 2.78. The summed E-state index contributed by atoms with van der Waals surface area (Å²) < 4.78 is 0.950. The van der Waals surface area contributed by atoms with Gasteiger partial charge in [-0.05, 0) is 37.5 Å². The second-order valence-electron chi connectivity index (χ2n) is 6.41. The third kappa shape index (κ3) is 4.78. The van der Waals surface area contributed by atoms with Crippen molar-refractivity contribution in [3.8, 4) is 0 Å². The predicted molar refractivity (Wildman–Crippen MR) is 97.4 cm³/mol. The SMILES string of the molecule is CNC(=O)CN1CCC(NC(=O)C(C)(N)c2ccc(Br)cc2)CC1. The Morgan fingerprint density at radius 2 is 1.88 bits per heavy atom. The third-order valence-electron chi connectivity index (χ3n) is 4.48. The Morgan fingerprint density at radius 3 is 2.42 bits per heavy atom. The lowest BCUT2D eigenvalue weighted by Gasteiger charge is -2.34. The van der Waals surface area contributed by atoms with Crippen LogP contribution in [0.15, 0.2) is 28.7 Å². The van der Waals surface area contributed by atoms with Crippen molar-refractivity contribution < 1.29 is 9.59 Å². The summed E-state index contributed by atoms with van der Waals surface area (Å²) in [6, 6.07) is 7.57. The van der Waals surface area contributed by atoms with Crippen LogP contribution < -0.4 is 16.4 Å². The zero-order chi connectivity index (χ0) is 17.7. The Balaban J connectivity index is 1.88. The van der Waals surface area contributed by atoms with Crippen LogP contribution in [0.25, 0.3) is 0 Å². The molecule has 1 aliphatic heterocycles. The summed E-state index contributed by atoms with van der Waals surface area (Å²) >= 11 is 3.38. The second kappa shape index (κ2) is 8.09. The van der Waals surface area contributed by atoms with E-state index in [1.165, 1.54) is 0 Å². The summed E-state index contributed by atoms with van der Waals surface area (Å²) in [5, 5.41) is 5.68. The van der Waals surface area contributed by atoms with Gasteiger partial charge < -0.3 is 16.4 Å². The molecule has 1 saturated heterocycles. The van der Waals surface area contributed by atoms with Crippen LogP contribution in [0.5, 0.6) is 0 Å². The molecule has 2 rings (SSSR count). The molecule has 1 fully saturated rings. The molecule has 4 N–H and O–H groups in total. The number of carbonyl (C=O) groups excluding carboxylic acids is 2. The van der Waals surface area contributed by atoms with E-state index < -0.39 is 5.54 Å². The van der Waals surface area contributed by atoms with Crippen LogP contribution in [0.1, 0.15) is 25.3 Å². The van der Waals surface area contributed by atoms with Crippen LogP contribution in [0.4, 0.5) is 0 Å². The molecule has 1 atom stereocenters. The maximum absolute atomic E-state index is 12.6. The van der Waals surface area contributed by atoms with Crippen molar-refractivity contribution in [2.45, 2.75) is 31.3 Å². The number of likely N-dealkylation sites (tertiary alicyclic amines) is 1. The summed E-state index contributed by atoms with van der Waals surface area (Å²) in [5.41, 5.74) is 5.98. The molecule has 0 saturated carbocycles. The summed E-state index contributed by atoms with van der Waals surface area (Å²) in [4.78, 5) is 26.1. The number of carbonyl (C=O) groups is 2. The number of halogens is 1. The van der Waals surface area contributed by atoms with E-state index in [0.717, 1.165) is 36.0 Å². The zero-order valence-corrected chi connectivity index (χ0v) is 15.7. The first-order chi connectivity index (χ1) is 11.3. The van der Waals surface area contributed by atoms with E-state index >= 15 is 0 Å². The lowest BCUT2D eigenvalue weighted by atomic mass is 9.91. The van der Waals surface area contributed by atoms with Gasteiger partial charge in [-0.25, -0.2) is 0 Å². The molecular formula is C17H25BrN4O2. The van der Waals surface area contributed by atoms with Gasteiger partial charge in [-0.1, -0.05) is 28.1 Å². The van der Waals surface area contributed by atoms with E-state index in [9.17, 15) is 9.59 Å². The molecule has 1 aliphatic rings. The van der Waals surface area contributed by atoms with E-state index in [1.54, 1.807) is 14.0 Å². The van der Waals surface area contributed by atoms with Crippen molar-refractivity contribution in [3.05, 3.63) is 34.3 Å². The van der Waals surface area contributed by atoms with Gasteiger partial charge in [0.05, 0.1) is 6.54 Å². The lowest BCUT2D eigenvalue weighted by molar-refractivity contribution is -0.127. The molecule has 1 unspecified atom stereocenters. The summed E-state index contributed by atoms with van der Waals surface area (Å²) in [6.45, 7) is 3.72. The number of benzene rings is 1. The number of nitrogens with one attached hydrogen (secondary N) is 2. The Bertz CT molecular complexity index is 581. The number of hydrogen-bond acceptors (Lipinski definition) is 4. The molecule has 132 valence electrons. The molecule has 2 amide bonds. The number of rotatable bonds is 5. The first-order valence-electron chi connectivity index (χ1n) is 8.11. The van der Waals surface area contributed by atoms with Crippen LogP contribution in [0.2, 0.25) is 0 Å². The minimum Gasteiger partial charge on any atom is -0.358 e. The number of likely N-dealkylation sites (N-methyl/N-ethyl adjacent to an activating group) is 1. The molecular weight excluding hydrogens is 372 g/mol. The fraction of sp³-hybridized carbons (Fsp3) is 0.529. The minimum atomic E-state index is -1.07. The largest absolute Gasteiger partial charge is 0.358 e. The molecule has 0 radical (unpaired) electrons. The van der Waals surface area contributed by atoms with E-state index in [-0.39, 0.29) is 17.9 Å².